The Morgan fingerprint density at radius 1 is 1.29 bits per heavy atom. The fourth-order valence-corrected chi connectivity index (χ4v) is 4.98. The van der Waals surface area contributed by atoms with E-state index in [1.54, 1.807) is 23.1 Å². The number of halogens is 2. The topological polar surface area (TPSA) is 30.7 Å². The van der Waals surface area contributed by atoms with Gasteiger partial charge >= 0.3 is 0 Å². The molecule has 4 rings (SSSR count). The monoisotopic (exact) mass is 423 g/mol. The highest BCUT2D eigenvalue weighted by Crippen LogP contribution is 2.40. The highest BCUT2D eigenvalue weighted by Gasteiger charge is 2.29. The first-order valence-corrected chi connectivity index (χ1v) is 10.4. The molecule has 3 aromatic rings. The number of hydrogen-bond donors (Lipinski definition) is 0. The lowest BCUT2D eigenvalue weighted by molar-refractivity contribution is 0.626. The number of nitrogens with zero attached hydrogens (tertiary/aromatic N) is 3. The molecule has 1 aliphatic rings. The van der Waals surface area contributed by atoms with E-state index in [1.165, 1.54) is 29.9 Å². The molecule has 0 amide bonds. The maximum absolute atomic E-state index is 13.2. The molecule has 1 saturated carbocycles. The van der Waals surface area contributed by atoms with Crippen LogP contribution in [-0.4, -0.2) is 14.8 Å². The maximum Gasteiger partial charge on any atom is 0.191 e. The third-order valence-electron chi connectivity index (χ3n) is 3.93. The van der Waals surface area contributed by atoms with E-state index in [1.807, 2.05) is 6.07 Å². The minimum Gasteiger partial charge on any atom is -0.303 e. The summed E-state index contributed by atoms with van der Waals surface area (Å²) < 4.78 is 16.3. The average molecular weight is 424 g/mol. The minimum atomic E-state index is -0.227. The van der Waals surface area contributed by atoms with Crippen LogP contribution < -0.4 is 0 Å². The molecule has 1 aromatic carbocycles. The van der Waals surface area contributed by atoms with E-state index in [-0.39, 0.29) is 5.82 Å². The van der Waals surface area contributed by atoms with Crippen LogP contribution in [0.4, 0.5) is 4.39 Å². The highest BCUT2D eigenvalue weighted by atomic mass is 79.9. The summed E-state index contributed by atoms with van der Waals surface area (Å²) in [4.78, 5) is 1.31. The Bertz CT molecular complexity index is 844. The van der Waals surface area contributed by atoms with Crippen molar-refractivity contribution in [3.8, 4) is 0 Å². The SMILES string of the molecule is Fc1ccc(CSc2nnc(Cc3cccs3)n2C2CC2)c(Br)c1. The molecule has 0 N–H and O–H groups in total. The van der Waals surface area contributed by atoms with Crippen LogP contribution >= 0.6 is 39.0 Å². The van der Waals surface area contributed by atoms with Crippen molar-refractivity contribution in [2.75, 3.05) is 0 Å². The fraction of sp³-hybridized carbons (Fsp3) is 0.294. The quantitative estimate of drug-likeness (QED) is 0.493. The second-order valence-electron chi connectivity index (χ2n) is 5.78. The summed E-state index contributed by atoms with van der Waals surface area (Å²) in [5.74, 6) is 1.56. The average Bonchev–Trinajstić information content (AvgIpc) is 3.11. The number of hydrogen-bond acceptors (Lipinski definition) is 4. The Hall–Kier alpha value is -1.18. The van der Waals surface area contributed by atoms with Crippen molar-refractivity contribution in [3.63, 3.8) is 0 Å². The highest BCUT2D eigenvalue weighted by molar-refractivity contribution is 9.10. The van der Waals surface area contributed by atoms with Gasteiger partial charge in [-0.25, -0.2) is 4.39 Å². The molecule has 0 atom stereocenters. The third kappa shape index (κ3) is 3.58. The van der Waals surface area contributed by atoms with Gasteiger partial charge in [-0.3, -0.25) is 0 Å². The van der Waals surface area contributed by atoms with Gasteiger partial charge in [0.2, 0.25) is 0 Å². The summed E-state index contributed by atoms with van der Waals surface area (Å²) in [5, 5.41) is 11.9. The Labute approximate surface area is 156 Å². The minimum absolute atomic E-state index is 0.227. The predicted molar refractivity (Wildman–Crippen MR) is 99.1 cm³/mol. The Kier molecular flexibility index (Phi) is 4.74. The summed E-state index contributed by atoms with van der Waals surface area (Å²) in [6, 6.07) is 9.56. The molecule has 0 bridgehead atoms. The van der Waals surface area contributed by atoms with Gasteiger partial charge in [0.1, 0.15) is 11.6 Å². The molecule has 124 valence electrons. The largest absolute Gasteiger partial charge is 0.303 e. The van der Waals surface area contributed by atoms with Crippen LogP contribution in [-0.2, 0) is 12.2 Å². The van der Waals surface area contributed by atoms with Gasteiger partial charge in [0.25, 0.3) is 0 Å². The smallest absolute Gasteiger partial charge is 0.191 e. The van der Waals surface area contributed by atoms with Gasteiger partial charge in [0.05, 0.1) is 0 Å². The molecule has 0 spiro atoms. The van der Waals surface area contributed by atoms with Gasteiger partial charge in [-0.05, 0) is 42.0 Å². The standard InChI is InChI=1S/C17H15BrFN3S2/c18-15-8-12(19)4-3-11(15)10-24-17-21-20-16(22(17)13-5-6-13)9-14-2-1-7-23-14/h1-4,7-8,13H,5-6,9-10H2. The summed E-state index contributed by atoms with van der Waals surface area (Å²) in [5.41, 5.74) is 1.06. The molecule has 3 nitrogen and oxygen atoms in total. The molecule has 0 saturated heterocycles. The molecular weight excluding hydrogens is 409 g/mol. The summed E-state index contributed by atoms with van der Waals surface area (Å²) in [6.45, 7) is 0. The fourth-order valence-electron chi connectivity index (χ4n) is 2.58. The van der Waals surface area contributed by atoms with E-state index in [4.69, 9.17) is 0 Å². The number of rotatable bonds is 6. The van der Waals surface area contributed by atoms with Crippen LogP contribution in [0.2, 0.25) is 0 Å². The van der Waals surface area contributed by atoms with Gasteiger partial charge in [-0.2, -0.15) is 0 Å². The zero-order valence-corrected chi connectivity index (χ0v) is 16.0. The molecule has 2 aromatic heterocycles. The van der Waals surface area contributed by atoms with Crippen molar-refractivity contribution >= 4 is 39.0 Å². The maximum atomic E-state index is 13.2. The van der Waals surface area contributed by atoms with E-state index in [0.717, 1.165) is 33.2 Å². The van der Waals surface area contributed by atoms with Crippen LogP contribution in [0.1, 0.15) is 35.1 Å². The van der Waals surface area contributed by atoms with Crippen LogP contribution in [0.25, 0.3) is 0 Å². The van der Waals surface area contributed by atoms with Crippen LogP contribution in [0.5, 0.6) is 0 Å². The molecule has 1 aliphatic carbocycles. The number of aromatic nitrogens is 3. The summed E-state index contributed by atoms with van der Waals surface area (Å²) >= 11 is 6.84. The van der Waals surface area contributed by atoms with Crippen molar-refractivity contribution in [1.29, 1.82) is 0 Å². The van der Waals surface area contributed by atoms with E-state index in [0.29, 0.717) is 6.04 Å². The first kappa shape index (κ1) is 16.3. The van der Waals surface area contributed by atoms with Crippen LogP contribution in [0.3, 0.4) is 0 Å². The summed E-state index contributed by atoms with van der Waals surface area (Å²) in [7, 11) is 0. The van der Waals surface area contributed by atoms with Gasteiger partial charge < -0.3 is 4.57 Å². The zero-order chi connectivity index (χ0) is 16.5. The zero-order valence-electron chi connectivity index (χ0n) is 12.8. The van der Waals surface area contributed by atoms with E-state index in [9.17, 15) is 4.39 Å². The number of benzene rings is 1. The summed E-state index contributed by atoms with van der Waals surface area (Å²) in [6.07, 6.45) is 3.23. The van der Waals surface area contributed by atoms with Crippen molar-refractivity contribution < 1.29 is 4.39 Å². The molecule has 0 radical (unpaired) electrons. The molecule has 1 fully saturated rings. The lowest BCUT2D eigenvalue weighted by Crippen LogP contribution is -2.03. The van der Waals surface area contributed by atoms with Crippen molar-refractivity contribution in [2.24, 2.45) is 0 Å². The Morgan fingerprint density at radius 3 is 2.88 bits per heavy atom. The van der Waals surface area contributed by atoms with E-state index < -0.39 is 0 Å². The van der Waals surface area contributed by atoms with Crippen LogP contribution in [0, 0.1) is 5.82 Å². The first-order valence-electron chi connectivity index (χ1n) is 7.73. The molecule has 24 heavy (non-hydrogen) atoms. The molecule has 7 heteroatoms. The van der Waals surface area contributed by atoms with E-state index >= 15 is 0 Å². The number of thioether (sulfide) groups is 1. The molecule has 2 heterocycles. The van der Waals surface area contributed by atoms with Crippen molar-refractivity contribution in [2.45, 2.75) is 36.2 Å². The second kappa shape index (κ2) is 6.98. The van der Waals surface area contributed by atoms with Gasteiger partial charge in [0, 0.05) is 27.6 Å². The molecule has 0 unspecified atom stereocenters. The predicted octanol–water partition coefficient (Wildman–Crippen LogP) is 5.46. The molecule has 0 aliphatic heterocycles. The normalized spacial score (nSPS) is 14.2. The third-order valence-corrected chi connectivity index (χ3v) is 6.54. The number of thiophene rings is 1. The van der Waals surface area contributed by atoms with E-state index in [2.05, 4.69) is 48.2 Å². The second-order valence-corrected chi connectivity index (χ2v) is 8.61. The van der Waals surface area contributed by atoms with Crippen LogP contribution in [0.15, 0.2) is 45.3 Å². The van der Waals surface area contributed by atoms with Gasteiger partial charge in [0.15, 0.2) is 5.16 Å². The van der Waals surface area contributed by atoms with Crippen molar-refractivity contribution in [3.05, 3.63) is 62.3 Å². The Balaban J connectivity index is 1.53. The Morgan fingerprint density at radius 2 is 2.17 bits per heavy atom. The lowest BCUT2D eigenvalue weighted by Gasteiger charge is -2.09. The van der Waals surface area contributed by atoms with Gasteiger partial charge in [-0.1, -0.05) is 39.8 Å². The van der Waals surface area contributed by atoms with Crippen molar-refractivity contribution in [1.82, 2.24) is 14.8 Å². The first-order chi connectivity index (χ1) is 11.7. The lowest BCUT2D eigenvalue weighted by atomic mass is 10.2. The molecular formula is C17H15BrFN3S2. The van der Waals surface area contributed by atoms with Gasteiger partial charge in [-0.15, -0.1) is 21.5 Å².